The molecule has 1 aromatic heterocycles. The topological polar surface area (TPSA) is 75.6 Å². The van der Waals surface area contributed by atoms with E-state index in [-0.39, 0.29) is 11.1 Å². The summed E-state index contributed by atoms with van der Waals surface area (Å²) in [4.78, 5) is 8.55. The van der Waals surface area contributed by atoms with Crippen molar-refractivity contribution in [3.63, 3.8) is 0 Å². The Labute approximate surface area is 145 Å². The third kappa shape index (κ3) is 3.39. The third-order valence-corrected chi connectivity index (χ3v) is 4.88. The molecule has 0 bridgehead atoms. The predicted octanol–water partition coefficient (Wildman–Crippen LogP) is 4.12. The first-order valence-corrected chi connectivity index (χ1v) is 8.36. The third-order valence-electron chi connectivity index (χ3n) is 3.71. The Morgan fingerprint density at radius 1 is 1.08 bits per heavy atom. The monoisotopic (exact) mass is 332 g/mol. The van der Waals surface area contributed by atoms with Gasteiger partial charge in [-0.05, 0) is 23.6 Å². The first-order chi connectivity index (χ1) is 11.7. The highest BCUT2D eigenvalue weighted by Gasteiger charge is 2.19. The molecule has 1 unspecified atom stereocenters. The zero-order valence-electron chi connectivity index (χ0n) is 13.2. The molecule has 0 fully saturated rings. The average Bonchev–Trinajstić information content (AvgIpc) is 2.61. The first kappa shape index (κ1) is 16.0. The second-order valence-corrected chi connectivity index (χ2v) is 6.40. The van der Waals surface area contributed by atoms with Crippen molar-refractivity contribution >= 4 is 17.6 Å². The van der Waals surface area contributed by atoms with Crippen LogP contribution >= 0.6 is 11.8 Å². The number of nitrogens with zero attached hydrogens (tertiary/aromatic N) is 3. The number of nitrogens with two attached hydrogens (primary N) is 1. The first-order valence-electron chi connectivity index (χ1n) is 7.49. The number of hydrogen-bond donors (Lipinski definition) is 1. The zero-order chi connectivity index (χ0) is 16.9. The molecule has 2 aromatic carbocycles. The van der Waals surface area contributed by atoms with Gasteiger partial charge in [0, 0.05) is 0 Å². The fourth-order valence-corrected chi connectivity index (χ4v) is 3.61. The molecule has 5 heteroatoms. The molecule has 1 heterocycles. The molecule has 4 nitrogen and oxygen atoms in total. The summed E-state index contributed by atoms with van der Waals surface area (Å²) in [6, 6.07) is 20.5. The number of thioether (sulfide) groups is 1. The van der Waals surface area contributed by atoms with E-state index in [9.17, 15) is 0 Å². The molecule has 0 aliphatic rings. The lowest BCUT2D eigenvalue weighted by Crippen LogP contribution is -2.03. The summed E-state index contributed by atoms with van der Waals surface area (Å²) in [7, 11) is 0. The minimum atomic E-state index is 0.0553. The SMILES string of the molecule is Cc1ccccc1C(Sc1ncc(C#N)c(N)n1)c1ccccc1. The fourth-order valence-electron chi connectivity index (χ4n) is 2.45. The van der Waals surface area contributed by atoms with Gasteiger partial charge in [-0.1, -0.05) is 66.4 Å². The van der Waals surface area contributed by atoms with Gasteiger partial charge in [-0.3, -0.25) is 0 Å². The fraction of sp³-hybridized carbons (Fsp3) is 0.105. The lowest BCUT2D eigenvalue weighted by atomic mass is 10.0. The van der Waals surface area contributed by atoms with Crippen LogP contribution in [-0.4, -0.2) is 9.97 Å². The summed E-state index contributed by atoms with van der Waals surface area (Å²) in [6.45, 7) is 2.10. The molecule has 0 saturated heterocycles. The van der Waals surface area contributed by atoms with E-state index in [4.69, 9.17) is 11.0 Å². The van der Waals surface area contributed by atoms with Gasteiger partial charge in [-0.15, -0.1) is 0 Å². The van der Waals surface area contributed by atoms with Crippen LogP contribution in [0.3, 0.4) is 0 Å². The van der Waals surface area contributed by atoms with Crippen molar-refractivity contribution in [1.29, 1.82) is 5.26 Å². The Morgan fingerprint density at radius 3 is 2.46 bits per heavy atom. The standard InChI is InChI=1S/C19H16N4S/c1-13-7-5-6-10-16(13)17(14-8-3-2-4-9-14)24-19-22-12-15(11-20)18(21)23-19/h2-10,12,17H,1H3,(H2,21,22,23). The normalized spacial score (nSPS) is 11.7. The second kappa shape index (κ2) is 7.16. The van der Waals surface area contributed by atoms with Crippen molar-refractivity contribution in [2.45, 2.75) is 17.3 Å². The molecular weight excluding hydrogens is 316 g/mol. The summed E-state index contributed by atoms with van der Waals surface area (Å²) in [5.74, 6) is 0.214. The molecular formula is C19H16N4S. The molecule has 3 aromatic rings. The van der Waals surface area contributed by atoms with Gasteiger partial charge in [0.2, 0.25) is 0 Å². The number of aromatic nitrogens is 2. The molecule has 0 radical (unpaired) electrons. The van der Waals surface area contributed by atoms with Gasteiger partial charge in [0.05, 0.1) is 11.4 Å². The average molecular weight is 332 g/mol. The Morgan fingerprint density at radius 2 is 1.79 bits per heavy atom. The molecule has 1 atom stereocenters. The number of aryl methyl sites for hydroxylation is 1. The van der Waals surface area contributed by atoms with Crippen LogP contribution in [0.15, 0.2) is 66.0 Å². The number of hydrogen-bond acceptors (Lipinski definition) is 5. The predicted molar refractivity (Wildman–Crippen MR) is 96.5 cm³/mol. The molecule has 2 N–H and O–H groups in total. The van der Waals surface area contributed by atoms with Gasteiger partial charge in [-0.25, -0.2) is 9.97 Å². The summed E-state index contributed by atoms with van der Waals surface area (Å²) < 4.78 is 0. The summed E-state index contributed by atoms with van der Waals surface area (Å²) in [5.41, 5.74) is 9.71. The van der Waals surface area contributed by atoms with Gasteiger partial charge in [0.15, 0.2) is 5.16 Å². The lowest BCUT2D eigenvalue weighted by Gasteiger charge is -2.19. The number of rotatable bonds is 4. The van der Waals surface area contributed by atoms with E-state index in [0.717, 1.165) is 0 Å². The summed E-state index contributed by atoms with van der Waals surface area (Å²) >= 11 is 1.53. The van der Waals surface area contributed by atoms with Gasteiger partial charge in [0.1, 0.15) is 17.5 Å². The van der Waals surface area contributed by atoms with Gasteiger partial charge < -0.3 is 5.73 Å². The molecule has 0 spiro atoms. The zero-order valence-corrected chi connectivity index (χ0v) is 14.0. The van der Waals surface area contributed by atoms with Crippen molar-refractivity contribution in [3.05, 3.63) is 83.0 Å². The lowest BCUT2D eigenvalue weighted by molar-refractivity contribution is 0.959. The maximum absolute atomic E-state index is 8.97. The Bertz CT molecular complexity index is 887. The van der Waals surface area contributed by atoms with E-state index in [1.165, 1.54) is 34.6 Å². The van der Waals surface area contributed by atoms with E-state index in [1.54, 1.807) is 0 Å². The Balaban J connectivity index is 2.02. The molecule has 0 aliphatic carbocycles. The maximum Gasteiger partial charge on any atom is 0.190 e. The van der Waals surface area contributed by atoms with E-state index in [1.807, 2.05) is 36.4 Å². The molecule has 0 aliphatic heterocycles. The summed E-state index contributed by atoms with van der Waals surface area (Å²) in [5, 5.41) is 9.58. The van der Waals surface area contributed by atoms with Crippen LogP contribution in [0.1, 0.15) is 27.5 Å². The Hall–Kier alpha value is -2.84. The second-order valence-electron chi connectivity index (χ2n) is 5.33. The minimum Gasteiger partial charge on any atom is -0.382 e. The highest BCUT2D eigenvalue weighted by Crippen LogP contribution is 2.40. The largest absolute Gasteiger partial charge is 0.382 e. The maximum atomic E-state index is 8.97. The molecule has 118 valence electrons. The van der Waals surface area contributed by atoms with Gasteiger partial charge in [-0.2, -0.15) is 5.26 Å². The number of benzene rings is 2. The van der Waals surface area contributed by atoms with E-state index in [0.29, 0.717) is 10.7 Å². The molecule has 24 heavy (non-hydrogen) atoms. The molecule has 3 rings (SSSR count). The minimum absolute atomic E-state index is 0.0553. The van der Waals surface area contributed by atoms with Crippen LogP contribution < -0.4 is 5.73 Å². The van der Waals surface area contributed by atoms with Crippen LogP contribution in [0.2, 0.25) is 0 Å². The van der Waals surface area contributed by atoms with E-state index in [2.05, 4.69) is 41.2 Å². The van der Waals surface area contributed by atoms with Crippen LogP contribution in [0.25, 0.3) is 0 Å². The smallest absolute Gasteiger partial charge is 0.190 e. The number of nitriles is 1. The van der Waals surface area contributed by atoms with E-state index >= 15 is 0 Å². The van der Waals surface area contributed by atoms with Crippen molar-refractivity contribution in [1.82, 2.24) is 9.97 Å². The van der Waals surface area contributed by atoms with E-state index < -0.39 is 0 Å². The molecule has 0 amide bonds. The quantitative estimate of drug-likeness (QED) is 0.574. The van der Waals surface area contributed by atoms with Crippen molar-refractivity contribution in [2.75, 3.05) is 5.73 Å². The van der Waals surface area contributed by atoms with Crippen molar-refractivity contribution in [3.8, 4) is 6.07 Å². The molecule has 0 saturated carbocycles. The van der Waals surface area contributed by atoms with Gasteiger partial charge >= 0.3 is 0 Å². The van der Waals surface area contributed by atoms with Gasteiger partial charge in [0.25, 0.3) is 0 Å². The Kier molecular flexibility index (Phi) is 4.78. The highest BCUT2D eigenvalue weighted by atomic mass is 32.2. The van der Waals surface area contributed by atoms with Crippen LogP contribution in [-0.2, 0) is 0 Å². The summed E-state index contributed by atoms with van der Waals surface area (Å²) in [6.07, 6.45) is 1.48. The van der Waals surface area contributed by atoms with Crippen LogP contribution in [0.5, 0.6) is 0 Å². The number of anilines is 1. The highest BCUT2D eigenvalue weighted by molar-refractivity contribution is 7.99. The van der Waals surface area contributed by atoms with Crippen molar-refractivity contribution < 1.29 is 0 Å². The van der Waals surface area contributed by atoms with Crippen LogP contribution in [0, 0.1) is 18.3 Å². The van der Waals surface area contributed by atoms with Crippen LogP contribution in [0.4, 0.5) is 5.82 Å². The van der Waals surface area contributed by atoms with Crippen molar-refractivity contribution in [2.24, 2.45) is 0 Å². The number of nitrogen functional groups attached to an aromatic ring is 1.